The number of anilines is 1. The third-order valence-electron chi connectivity index (χ3n) is 2.47. The molecule has 1 aromatic carbocycles. The summed E-state index contributed by atoms with van der Waals surface area (Å²) in [6.07, 6.45) is 0. The predicted molar refractivity (Wildman–Crippen MR) is 76.2 cm³/mol. The fraction of sp³-hybridized carbons (Fsp3) is 0.600. The molecule has 1 rings (SSSR count). The van der Waals surface area contributed by atoms with Crippen LogP contribution in [0.4, 0.5) is 5.69 Å². The summed E-state index contributed by atoms with van der Waals surface area (Å²) >= 11 is 0. The molecular weight excluding hydrogens is 226 g/mol. The van der Waals surface area contributed by atoms with E-state index >= 15 is 0 Å². The highest BCUT2D eigenvalue weighted by Crippen LogP contribution is 2.12. The zero-order valence-corrected chi connectivity index (χ0v) is 12.0. The average molecular weight is 251 g/mol. The Morgan fingerprint density at radius 3 is 2.44 bits per heavy atom. The lowest BCUT2D eigenvalue weighted by Crippen LogP contribution is -2.22. The number of hydrogen-bond acceptors (Lipinski definition) is 3. The monoisotopic (exact) mass is 251 g/mol. The first-order chi connectivity index (χ1) is 8.49. The molecule has 0 aliphatic rings. The van der Waals surface area contributed by atoms with Gasteiger partial charge in [-0.15, -0.1) is 0 Å². The maximum absolute atomic E-state index is 5.57. The van der Waals surface area contributed by atoms with Crippen molar-refractivity contribution in [3.8, 4) is 0 Å². The summed E-state index contributed by atoms with van der Waals surface area (Å²) < 4.78 is 11.1. The first-order valence-electron chi connectivity index (χ1n) is 6.50. The van der Waals surface area contributed by atoms with Gasteiger partial charge < -0.3 is 14.8 Å². The van der Waals surface area contributed by atoms with Crippen LogP contribution >= 0.6 is 0 Å². The summed E-state index contributed by atoms with van der Waals surface area (Å²) in [5, 5.41) is 3.35. The molecule has 1 N–H and O–H groups in total. The number of hydrogen-bond donors (Lipinski definition) is 1. The SMILES string of the molecule is Cc1ccccc1NCCOCCOC(C)(C)C. The zero-order chi connectivity index (χ0) is 13.4. The maximum Gasteiger partial charge on any atom is 0.0707 e. The molecule has 18 heavy (non-hydrogen) atoms. The van der Waals surface area contributed by atoms with E-state index in [1.807, 2.05) is 32.9 Å². The highest BCUT2D eigenvalue weighted by molar-refractivity contribution is 5.50. The van der Waals surface area contributed by atoms with E-state index in [-0.39, 0.29) is 5.60 Å². The van der Waals surface area contributed by atoms with E-state index in [4.69, 9.17) is 9.47 Å². The summed E-state index contributed by atoms with van der Waals surface area (Å²) in [4.78, 5) is 0. The molecule has 3 nitrogen and oxygen atoms in total. The van der Waals surface area contributed by atoms with Crippen LogP contribution in [0.5, 0.6) is 0 Å². The van der Waals surface area contributed by atoms with Crippen LogP contribution in [-0.4, -0.2) is 32.0 Å². The average Bonchev–Trinajstić information content (AvgIpc) is 2.28. The van der Waals surface area contributed by atoms with Crippen LogP contribution in [0.3, 0.4) is 0 Å². The molecule has 0 fully saturated rings. The molecule has 0 atom stereocenters. The van der Waals surface area contributed by atoms with E-state index in [1.54, 1.807) is 0 Å². The van der Waals surface area contributed by atoms with Crippen LogP contribution in [0.15, 0.2) is 24.3 Å². The largest absolute Gasteiger partial charge is 0.383 e. The van der Waals surface area contributed by atoms with Crippen LogP contribution in [0.1, 0.15) is 26.3 Å². The second-order valence-corrected chi connectivity index (χ2v) is 5.31. The lowest BCUT2D eigenvalue weighted by molar-refractivity contribution is -0.0335. The third kappa shape index (κ3) is 6.62. The standard InChI is InChI=1S/C15H25NO2/c1-13-7-5-6-8-14(13)16-9-10-17-11-12-18-15(2,3)4/h5-8,16H,9-12H2,1-4H3. The molecule has 0 saturated carbocycles. The van der Waals surface area contributed by atoms with Gasteiger partial charge in [-0.2, -0.15) is 0 Å². The van der Waals surface area contributed by atoms with Gasteiger partial charge in [-0.3, -0.25) is 0 Å². The maximum atomic E-state index is 5.57. The molecular formula is C15H25NO2. The van der Waals surface area contributed by atoms with Gasteiger partial charge in [0.25, 0.3) is 0 Å². The fourth-order valence-corrected chi connectivity index (χ4v) is 1.54. The minimum Gasteiger partial charge on any atom is -0.383 e. The fourth-order valence-electron chi connectivity index (χ4n) is 1.54. The topological polar surface area (TPSA) is 30.5 Å². The van der Waals surface area contributed by atoms with Crippen molar-refractivity contribution in [2.24, 2.45) is 0 Å². The van der Waals surface area contributed by atoms with Crippen LogP contribution in [-0.2, 0) is 9.47 Å². The normalized spacial score (nSPS) is 11.6. The predicted octanol–water partition coefficient (Wildman–Crippen LogP) is 3.24. The second kappa shape index (κ2) is 7.39. The Hall–Kier alpha value is -1.06. The van der Waals surface area contributed by atoms with Crippen molar-refractivity contribution in [1.29, 1.82) is 0 Å². The van der Waals surface area contributed by atoms with E-state index in [0.717, 1.165) is 6.54 Å². The van der Waals surface area contributed by atoms with Crippen molar-refractivity contribution in [2.75, 3.05) is 31.7 Å². The molecule has 0 aromatic heterocycles. The molecule has 0 aliphatic heterocycles. The van der Waals surface area contributed by atoms with Crippen LogP contribution in [0, 0.1) is 6.92 Å². The highest BCUT2D eigenvalue weighted by atomic mass is 16.5. The molecule has 0 heterocycles. The number of nitrogens with one attached hydrogen (secondary N) is 1. The van der Waals surface area contributed by atoms with Crippen molar-refractivity contribution in [3.05, 3.63) is 29.8 Å². The highest BCUT2D eigenvalue weighted by Gasteiger charge is 2.08. The van der Waals surface area contributed by atoms with Gasteiger partial charge in [0.15, 0.2) is 0 Å². The van der Waals surface area contributed by atoms with Gasteiger partial charge in [-0.25, -0.2) is 0 Å². The summed E-state index contributed by atoms with van der Waals surface area (Å²) in [6.45, 7) is 11.1. The van der Waals surface area contributed by atoms with E-state index < -0.39 is 0 Å². The molecule has 0 amide bonds. The summed E-state index contributed by atoms with van der Waals surface area (Å²) in [6, 6.07) is 8.26. The minimum absolute atomic E-state index is 0.0806. The Balaban J connectivity index is 2.04. The molecule has 0 saturated heterocycles. The lowest BCUT2D eigenvalue weighted by Gasteiger charge is -2.19. The van der Waals surface area contributed by atoms with E-state index in [2.05, 4.69) is 24.4 Å². The van der Waals surface area contributed by atoms with Crippen LogP contribution in [0.2, 0.25) is 0 Å². The van der Waals surface area contributed by atoms with Gasteiger partial charge in [0.05, 0.1) is 25.4 Å². The van der Waals surface area contributed by atoms with E-state index in [1.165, 1.54) is 11.3 Å². The van der Waals surface area contributed by atoms with Crippen molar-refractivity contribution in [3.63, 3.8) is 0 Å². The van der Waals surface area contributed by atoms with Crippen LogP contribution < -0.4 is 5.32 Å². The Kier molecular flexibility index (Phi) is 6.16. The van der Waals surface area contributed by atoms with Crippen molar-refractivity contribution < 1.29 is 9.47 Å². The molecule has 0 radical (unpaired) electrons. The molecule has 0 aliphatic carbocycles. The minimum atomic E-state index is -0.0806. The molecule has 1 aromatic rings. The third-order valence-corrected chi connectivity index (χ3v) is 2.47. The number of ether oxygens (including phenoxy) is 2. The number of benzene rings is 1. The second-order valence-electron chi connectivity index (χ2n) is 5.31. The Bertz CT molecular complexity index is 345. The summed E-state index contributed by atoms with van der Waals surface area (Å²) in [5.41, 5.74) is 2.35. The smallest absolute Gasteiger partial charge is 0.0707 e. The van der Waals surface area contributed by atoms with Gasteiger partial charge in [0.1, 0.15) is 0 Å². The van der Waals surface area contributed by atoms with Gasteiger partial charge in [-0.1, -0.05) is 18.2 Å². The zero-order valence-electron chi connectivity index (χ0n) is 12.0. The lowest BCUT2D eigenvalue weighted by atomic mass is 10.2. The molecule has 0 spiro atoms. The molecule has 3 heteroatoms. The van der Waals surface area contributed by atoms with Gasteiger partial charge in [-0.05, 0) is 39.3 Å². The summed E-state index contributed by atoms with van der Waals surface area (Å²) in [7, 11) is 0. The summed E-state index contributed by atoms with van der Waals surface area (Å²) in [5.74, 6) is 0. The Morgan fingerprint density at radius 1 is 1.06 bits per heavy atom. The molecule has 0 bridgehead atoms. The molecule has 102 valence electrons. The van der Waals surface area contributed by atoms with Crippen molar-refractivity contribution in [2.45, 2.75) is 33.3 Å². The van der Waals surface area contributed by atoms with Gasteiger partial charge in [0, 0.05) is 12.2 Å². The van der Waals surface area contributed by atoms with Crippen LogP contribution in [0.25, 0.3) is 0 Å². The number of aryl methyl sites for hydroxylation is 1. The quantitative estimate of drug-likeness (QED) is 0.755. The van der Waals surface area contributed by atoms with Gasteiger partial charge in [0.2, 0.25) is 0 Å². The van der Waals surface area contributed by atoms with Crippen molar-refractivity contribution >= 4 is 5.69 Å². The van der Waals surface area contributed by atoms with Gasteiger partial charge >= 0.3 is 0 Å². The first-order valence-corrected chi connectivity index (χ1v) is 6.50. The number of para-hydroxylation sites is 1. The Morgan fingerprint density at radius 2 is 1.78 bits per heavy atom. The Labute approximate surface area is 110 Å². The first kappa shape index (κ1) is 15.0. The van der Waals surface area contributed by atoms with Crippen molar-refractivity contribution in [1.82, 2.24) is 0 Å². The van der Waals surface area contributed by atoms with E-state index in [0.29, 0.717) is 19.8 Å². The molecule has 0 unspecified atom stereocenters. The van der Waals surface area contributed by atoms with E-state index in [9.17, 15) is 0 Å². The number of rotatable bonds is 7.